The largest absolute Gasteiger partial charge is 0.442 e. The van der Waals surface area contributed by atoms with Gasteiger partial charge in [-0.2, -0.15) is 4.31 Å². The molecule has 8 nitrogen and oxygen atoms in total. The lowest BCUT2D eigenvalue weighted by Crippen LogP contribution is -2.56. The van der Waals surface area contributed by atoms with Crippen LogP contribution in [-0.2, 0) is 14.8 Å². The standard InChI is InChI=1S/C16H20N2O6S/c1-5-12-10-16(4,11(2)3)24-15(19)17(12)25(22,23)14-8-6-13(7-9-14)18(20)21/h5-9,11-12H,1,10H2,2-4H3/t12-,16-/m1/s1. The highest BCUT2D eigenvalue weighted by Gasteiger charge is 2.48. The van der Waals surface area contributed by atoms with Crippen LogP contribution in [0.3, 0.4) is 0 Å². The van der Waals surface area contributed by atoms with E-state index in [9.17, 15) is 23.3 Å². The molecule has 1 heterocycles. The van der Waals surface area contributed by atoms with Crippen LogP contribution in [0.4, 0.5) is 10.5 Å². The van der Waals surface area contributed by atoms with Crippen LogP contribution in [0.2, 0.25) is 0 Å². The minimum atomic E-state index is -4.23. The molecule has 1 aliphatic heterocycles. The molecule has 0 radical (unpaired) electrons. The van der Waals surface area contributed by atoms with Crippen LogP contribution in [0.25, 0.3) is 0 Å². The average molecular weight is 368 g/mol. The van der Waals surface area contributed by atoms with Crippen LogP contribution >= 0.6 is 0 Å². The quantitative estimate of drug-likeness (QED) is 0.449. The van der Waals surface area contributed by atoms with Crippen molar-refractivity contribution in [2.45, 2.75) is 43.7 Å². The topological polar surface area (TPSA) is 107 Å². The van der Waals surface area contributed by atoms with Crippen LogP contribution in [-0.4, -0.2) is 35.4 Å². The Bertz CT molecular complexity index is 802. The Kier molecular flexibility index (Phi) is 4.90. The molecule has 0 aliphatic carbocycles. The number of hydrogen-bond donors (Lipinski definition) is 0. The Balaban J connectivity index is 2.42. The zero-order valence-electron chi connectivity index (χ0n) is 14.2. The second kappa shape index (κ2) is 6.47. The molecule has 9 heteroatoms. The number of hydrogen-bond acceptors (Lipinski definition) is 6. The van der Waals surface area contributed by atoms with Crippen molar-refractivity contribution < 1.29 is 22.9 Å². The number of ether oxygens (including phenoxy) is 1. The normalized spacial score (nSPS) is 24.1. The first kappa shape index (κ1) is 18.9. The lowest BCUT2D eigenvalue weighted by Gasteiger charge is -2.44. The number of amides is 1. The van der Waals surface area contributed by atoms with E-state index in [0.717, 1.165) is 24.3 Å². The van der Waals surface area contributed by atoms with Gasteiger partial charge in [-0.25, -0.2) is 13.2 Å². The molecule has 0 spiro atoms. The summed E-state index contributed by atoms with van der Waals surface area (Å²) in [6.07, 6.45) is 0.682. The SMILES string of the molecule is C=C[C@@H]1C[C@](C)(C(C)C)OC(=O)N1S(=O)(=O)c1ccc([N+](=O)[O-])cc1. The van der Waals surface area contributed by atoms with Crippen LogP contribution in [0.15, 0.2) is 41.8 Å². The zero-order chi connectivity index (χ0) is 19.0. The first-order valence-electron chi connectivity index (χ1n) is 7.67. The smallest absolute Gasteiger partial charge is 0.424 e. The number of nitro benzene ring substituents is 1. The number of non-ortho nitro benzene ring substituents is 1. The summed E-state index contributed by atoms with van der Waals surface area (Å²) in [5.74, 6) is -0.0110. The van der Waals surface area contributed by atoms with Crippen molar-refractivity contribution in [3.8, 4) is 0 Å². The van der Waals surface area contributed by atoms with Crippen molar-refractivity contribution in [2.75, 3.05) is 0 Å². The Morgan fingerprint density at radius 3 is 2.40 bits per heavy atom. The minimum absolute atomic E-state index is 0.0110. The van der Waals surface area contributed by atoms with Gasteiger partial charge in [0.25, 0.3) is 15.7 Å². The summed E-state index contributed by atoms with van der Waals surface area (Å²) in [6.45, 7) is 9.15. The first-order chi connectivity index (χ1) is 11.5. The Morgan fingerprint density at radius 1 is 1.40 bits per heavy atom. The minimum Gasteiger partial charge on any atom is -0.442 e. The Morgan fingerprint density at radius 2 is 1.96 bits per heavy atom. The van der Waals surface area contributed by atoms with Gasteiger partial charge in [0.15, 0.2) is 0 Å². The van der Waals surface area contributed by atoms with Gasteiger partial charge >= 0.3 is 6.09 Å². The molecule has 136 valence electrons. The van der Waals surface area contributed by atoms with Crippen LogP contribution < -0.4 is 0 Å². The summed E-state index contributed by atoms with van der Waals surface area (Å²) in [4.78, 5) is 22.3. The van der Waals surface area contributed by atoms with Crippen LogP contribution in [0.1, 0.15) is 27.2 Å². The molecule has 0 bridgehead atoms. The number of benzene rings is 1. The molecule has 2 rings (SSSR count). The molecule has 1 aromatic carbocycles. The van der Waals surface area contributed by atoms with Crippen molar-refractivity contribution in [3.63, 3.8) is 0 Å². The molecule has 1 amide bonds. The van der Waals surface area contributed by atoms with E-state index in [1.54, 1.807) is 6.92 Å². The third-order valence-corrected chi connectivity index (χ3v) is 6.32. The van der Waals surface area contributed by atoms with Gasteiger partial charge in [0.05, 0.1) is 15.9 Å². The fourth-order valence-electron chi connectivity index (χ4n) is 2.58. The molecular weight excluding hydrogens is 348 g/mol. The van der Waals surface area contributed by atoms with Crippen LogP contribution in [0.5, 0.6) is 0 Å². The van der Waals surface area contributed by atoms with E-state index in [2.05, 4.69) is 6.58 Å². The number of carbonyl (C=O) groups is 1. The zero-order valence-corrected chi connectivity index (χ0v) is 15.0. The molecule has 1 fully saturated rings. The summed E-state index contributed by atoms with van der Waals surface area (Å²) in [6, 6.07) is 3.56. The van der Waals surface area contributed by atoms with Gasteiger partial charge in [-0.3, -0.25) is 10.1 Å². The number of nitro groups is 1. The predicted octanol–water partition coefficient (Wildman–Crippen LogP) is 3.10. The summed E-state index contributed by atoms with van der Waals surface area (Å²) in [5.41, 5.74) is -1.05. The Hall–Kier alpha value is -2.42. The lowest BCUT2D eigenvalue weighted by atomic mass is 9.85. The third-order valence-electron chi connectivity index (χ3n) is 4.51. The van der Waals surface area contributed by atoms with Crippen molar-refractivity contribution in [1.82, 2.24) is 4.31 Å². The maximum absolute atomic E-state index is 12.8. The molecule has 1 aromatic rings. The van der Waals surface area contributed by atoms with E-state index in [1.807, 2.05) is 13.8 Å². The van der Waals surface area contributed by atoms with Gasteiger partial charge in [0, 0.05) is 18.6 Å². The second-order valence-corrected chi connectivity index (χ2v) is 8.21. The molecule has 0 aromatic heterocycles. The average Bonchev–Trinajstić information content (AvgIpc) is 2.53. The summed E-state index contributed by atoms with van der Waals surface area (Å²) in [5, 5.41) is 10.7. The maximum atomic E-state index is 12.8. The lowest BCUT2D eigenvalue weighted by molar-refractivity contribution is -0.384. The maximum Gasteiger partial charge on any atom is 0.424 e. The fourth-order valence-corrected chi connectivity index (χ4v) is 4.04. The van der Waals surface area contributed by atoms with Crippen molar-refractivity contribution >= 4 is 21.8 Å². The van der Waals surface area contributed by atoms with E-state index >= 15 is 0 Å². The molecule has 2 atom stereocenters. The molecule has 0 unspecified atom stereocenters. The van der Waals surface area contributed by atoms with Gasteiger partial charge in [0.2, 0.25) is 0 Å². The molecule has 1 saturated heterocycles. The molecular formula is C16H20N2O6S. The van der Waals surface area contributed by atoms with Gasteiger partial charge < -0.3 is 4.74 Å². The highest BCUT2D eigenvalue weighted by atomic mass is 32.2. The van der Waals surface area contributed by atoms with E-state index in [0.29, 0.717) is 4.31 Å². The van der Waals surface area contributed by atoms with E-state index in [4.69, 9.17) is 4.74 Å². The Labute approximate surface area is 146 Å². The van der Waals surface area contributed by atoms with Crippen LogP contribution in [0, 0.1) is 16.0 Å². The summed E-state index contributed by atoms with van der Waals surface area (Å²) in [7, 11) is -4.23. The number of cyclic esters (lactones) is 1. The molecule has 25 heavy (non-hydrogen) atoms. The van der Waals surface area contributed by atoms with Crippen molar-refractivity contribution in [2.24, 2.45) is 5.92 Å². The fraction of sp³-hybridized carbons (Fsp3) is 0.438. The van der Waals surface area contributed by atoms with Crippen molar-refractivity contribution in [1.29, 1.82) is 0 Å². The predicted molar refractivity (Wildman–Crippen MR) is 90.4 cm³/mol. The number of nitrogens with zero attached hydrogens (tertiary/aromatic N) is 2. The first-order valence-corrected chi connectivity index (χ1v) is 9.11. The van der Waals surface area contributed by atoms with Gasteiger partial charge in [0.1, 0.15) is 5.60 Å². The molecule has 0 N–H and O–H groups in total. The highest BCUT2D eigenvalue weighted by Crippen LogP contribution is 2.37. The van der Waals surface area contributed by atoms with E-state index in [1.165, 1.54) is 6.08 Å². The number of rotatable bonds is 5. The number of carbonyl (C=O) groups excluding carboxylic acids is 1. The summed E-state index contributed by atoms with van der Waals surface area (Å²) >= 11 is 0. The van der Waals surface area contributed by atoms with Gasteiger partial charge in [-0.05, 0) is 25.0 Å². The number of sulfonamides is 1. The van der Waals surface area contributed by atoms with Gasteiger partial charge in [-0.1, -0.05) is 19.9 Å². The second-order valence-electron chi connectivity index (χ2n) is 6.39. The monoisotopic (exact) mass is 368 g/mol. The summed E-state index contributed by atoms with van der Waals surface area (Å²) < 4.78 is 31.7. The molecule has 0 saturated carbocycles. The molecule has 1 aliphatic rings. The van der Waals surface area contributed by atoms with Gasteiger partial charge in [-0.15, -0.1) is 6.58 Å². The van der Waals surface area contributed by atoms with Crippen molar-refractivity contribution in [3.05, 3.63) is 47.0 Å². The van der Waals surface area contributed by atoms with E-state index in [-0.39, 0.29) is 22.9 Å². The third kappa shape index (κ3) is 3.37. The highest BCUT2D eigenvalue weighted by molar-refractivity contribution is 7.89. The van der Waals surface area contributed by atoms with E-state index < -0.39 is 32.7 Å².